The third-order valence-electron chi connectivity index (χ3n) is 3.35. The van der Waals surface area contributed by atoms with Crippen LogP contribution in [0.3, 0.4) is 0 Å². The van der Waals surface area contributed by atoms with Gasteiger partial charge in [-0.3, -0.25) is 0 Å². The molecule has 0 aromatic heterocycles. The number of hydrogen-bond acceptors (Lipinski definition) is 3. The lowest BCUT2D eigenvalue weighted by molar-refractivity contribution is 0.0476. The number of methoxy groups -OCH3 is 1. The molecule has 0 amide bonds. The van der Waals surface area contributed by atoms with Crippen molar-refractivity contribution in [3.05, 3.63) is 28.2 Å². The molecular weight excluding hydrogens is 318 g/mol. The Hall–Kier alpha value is -0.580. The molecule has 0 bridgehead atoms. The molecule has 1 rings (SSSR count). The number of rotatable bonds is 9. The van der Waals surface area contributed by atoms with E-state index in [0.29, 0.717) is 6.04 Å². The van der Waals surface area contributed by atoms with Crippen LogP contribution in [0.4, 0.5) is 0 Å². The first kappa shape index (κ1) is 17.5. The van der Waals surface area contributed by atoms with E-state index in [1.165, 1.54) is 5.56 Å². The van der Waals surface area contributed by atoms with Gasteiger partial charge in [-0.15, -0.1) is 0 Å². The van der Waals surface area contributed by atoms with Crippen molar-refractivity contribution in [2.45, 2.75) is 45.8 Å². The highest BCUT2D eigenvalue weighted by Gasteiger charge is 2.18. The minimum absolute atomic E-state index is 0.185. The molecule has 3 nitrogen and oxygen atoms in total. The molecule has 0 aliphatic heterocycles. The van der Waals surface area contributed by atoms with Crippen LogP contribution in [0.1, 0.15) is 32.8 Å². The SMILES string of the molecule is CCCNC(Cc1cc(OC)ccc1Br)C(C)OCC. The molecule has 1 N–H and O–H groups in total. The lowest BCUT2D eigenvalue weighted by Crippen LogP contribution is -2.42. The number of ether oxygens (including phenoxy) is 2. The van der Waals surface area contributed by atoms with Crippen LogP contribution in [-0.4, -0.2) is 32.4 Å². The molecule has 0 saturated carbocycles. The summed E-state index contributed by atoms with van der Waals surface area (Å²) in [7, 11) is 1.70. The van der Waals surface area contributed by atoms with Gasteiger partial charge in [-0.2, -0.15) is 0 Å². The van der Waals surface area contributed by atoms with Gasteiger partial charge in [-0.1, -0.05) is 22.9 Å². The highest BCUT2D eigenvalue weighted by atomic mass is 79.9. The van der Waals surface area contributed by atoms with Crippen molar-refractivity contribution in [3.63, 3.8) is 0 Å². The van der Waals surface area contributed by atoms with Crippen LogP contribution in [0.25, 0.3) is 0 Å². The number of benzene rings is 1. The Morgan fingerprint density at radius 1 is 1.30 bits per heavy atom. The van der Waals surface area contributed by atoms with Crippen LogP contribution in [0.5, 0.6) is 5.75 Å². The summed E-state index contributed by atoms with van der Waals surface area (Å²) in [6.07, 6.45) is 2.22. The maximum Gasteiger partial charge on any atom is 0.119 e. The zero-order chi connectivity index (χ0) is 15.0. The average Bonchev–Trinajstić information content (AvgIpc) is 2.45. The van der Waals surface area contributed by atoms with Gasteiger partial charge in [0.05, 0.1) is 13.2 Å². The molecule has 0 radical (unpaired) electrons. The van der Waals surface area contributed by atoms with E-state index >= 15 is 0 Å². The monoisotopic (exact) mass is 343 g/mol. The van der Waals surface area contributed by atoms with Crippen LogP contribution in [0, 0.1) is 0 Å². The van der Waals surface area contributed by atoms with Gasteiger partial charge in [0.25, 0.3) is 0 Å². The van der Waals surface area contributed by atoms with Crippen molar-refractivity contribution in [2.75, 3.05) is 20.3 Å². The van der Waals surface area contributed by atoms with Crippen LogP contribution >= 0.6 is 15.9 Å². The fourth-order valence-electron chi connectivity index (χ4n) is 2.18. The van der Waals surface area contributed by atoms with E-state index in [1.54, 1.807) is 7.11 Å². The molecule has 0 fully saturated rings. The predicted octanol–water partition coefficient (Wildman–Crippen LogP) is 3.79. The molecule has 1 aromatic carbocycles. The molecule has 0 saturated heterocycles. The summed E-state index contributed by atoms with van der Waals surface area (Å²) in [5.74, 6) is 0.890. The average molecular weight is 344 g/mol. The Bertz CT molecular complexity index is 398. The van der Waals surface area contributed by atoms with Gasteiger partial charge in [0.2, 0.25) is 0 Å². The van der Waals surface area contributed by atoms with E-state index in [0.717, 1.165) is 36.2 Å². The molecule has 0 aliphatic rings. The smallest absolute Gasteiger partial charge is 0.119 e. The van der Waals surface area contributed by atoms with E-state index in [-0.39, 0.29) is 6.10 Å². The van der Waals surface area contributed by atoms with E-state index in [9.17, 15) is 0 Å². The number of halogens is 1. The van der Waals surface area contributed by atoms with Crippen molar-refractivity contribution in [1.29, 1.82) is 0 Å². The second kappa shape index (κ2) is 9.37. The van der Waals surface area contributed by atoms with E-state index in [1.807, 2.05) is 19.1 Å². The molecule has 114 valence electrons. The first-order valence-corrected chi connectivity index (χ1v) is 8.09. The highest BCUT2D eigenvalue weighted by Crippen LogP contribution is 2.24. The van der Waals surface area contributed by atoms with Crippen molar-refractivity contribution in [3.8, 4) is 5.75 Å². The maximum absolute atomic E-state index is 5.76. The zero-order valence-corrected chi connectivity index (χ0v) is 14.5. The molecule has 2 atom stereocenters. The summed E-state index contributed by atoms with van der Waals surface area (Å²) >= 11 is 3.62. The molecule has 0 aliphatic carbocycles. The lowest BCUT2D eigenvalue weighted by Gasteiger charge is -2.25. The fraction of sp³-hybridized carbons (Fsp3) is 0.625. The number of hydrogen-bond donors (Lipinski definition) is 1. The third kappa shape index (κ3) is 5.43. The Kier molecular flexibility index (Phi) is 8.19. The third-order valence-corrected chi connectivity index (χ3v) is 4.12. The summed E-state index contributed by atoms with van der Waals surface area (Å²) in [6, 6.07) is 6.40. The Balaban J connectivity index is 2.81. The summed E-state index contributed by atoms with van der Waals surface area (Å²) in [6.45, 7) is 8.09. The van der Waals surface area contributed by atoms with Gasteiger partial charge in [0.1, 0.15) is 5.75 Å². The topological polar surface area (TPSA) is 30.5 Å². The lowest BCUT2D eigenvalue weighted by atomic mass is 10.0. The van der Waals surface area contributed by atoms with E-state index in [2.05, 4.69) is 41.2 Å². The van der Waals surface area contributed by atoms with Crippen molar-refractivity contribution in [2.24, 2.45) is 0 Å². The van der Waals surface area contributed by atoms with Gasteiger partial charge >= 0.3 is 0 Å². The highest BCUT2D eigenvalue weighted by molar-refractivity contribution is 9.10. The molecule has 4 heteroatoms. The Morgan fingerprint density at radius 2 is 2.05 bits per heavy atom. The van der Waals surface area contributed by atoms with Crippen molar-refractivity contribution < 1.29 is 9.47 Å². The Labute approximate surface area is 131 Å². The van der Waals surface area contributed by atoms with Crippen LogP contribution in [-0.2, 0) is 11.2 Å². The summed E-state index contributed by atoms with van der Waals surface area (Å²) in [5, 5.41) is 3.58. The molecule has 0 spiro atoms. The second-order valence-corrected chi connectivity index (χ2v) is 5.74. The first-order chi connectivity index (χ1) is 9.62. The van der Waals surface area contributed by atoms with E-state index in [4.69, 9.17) is 9.47 Å². The Morgan fingerprint density at radius 3 is 2.65 bits per heavy atom. The summed E-state index contributed by atoms with van der Waals surface area (Å²) < 4.78 is 12.2. The van der Waals surface area contributed by atoms with Crippen molar-refractivity contribution >= 4 is 15.9 Å². The van der Waals surface area contributed by atoms with Crippen LogP contribution in [0.15, 0.2) is 22.7 Å². The molecule has 2 unspecified atom stereocenters. The first-order valence-electron chi connectivity index (χ1n) is 7.29. The van der Waals surface area contributed by atoms with Gasteiger partial charge in [-0.05, 0) is 57.0 Å². The van der Waals surface area contributed by atoms with Crippen molar-refractivity contribution in [1.82, 2.24) is 5.32 Å². The van der Waals surface area contributed by atoms with Gasteiger partial charge in [-0.25, -0.2) is 0 Å². The minimum atomic E-state index is 0.185. The minimum Gasteiger partial charge on any atom is -0.497 e. The van der Waals surface area contributed by atoms with Crippen LogP contribution < -0.4 is 10.1 Å². The standard InChI is InChI=1S/C16H26BrNO2/c1-5-9-18-16(12(3)20-6-2)11-13-10-14(19-4)7-8-15(13)17/h7-8,10,12,16,18H,5-6,9,11H2,1-4H3. The number of nitrogens with one attached hydrogen (secondary N) is 1. The zero-order valence-electron chi connectivity index (χ0n) is 12.9. The molecule has 0 heterocycles. The van der Waals surface area contributed by atoms with E-state index < -0.39 is 0 Å². The molecule has 1 aromatic rings. The van der Waals surface area contributed by atoms with Gasteiger partial charge in [0.15, 0.2) is 0 Å². The normalized spacial score (nSPS) is 14.1. The predicted molar refractivity (Wildman–Crippen MR) is 87.6 cm³/mol. The largest absolute Gasteiger partial charge is 0.497 e. The maximum atomic E-state index is 5.76. The molecule has 20 heavy (non-hydrogen) atoms. The summed E-state index contributed by atoms with van der Waals surface area (Å²) in [4.78, 5) is 0. The van der Waals surface area contributed by atoms with Gasteiger partial charge in [0, 0.05) is 17.1 Å². The summed E-state index contributed by atoms with van der Waals surface area (Å²) in [5.41, 5.74) is 1.24. The van der Waals surface area contributed by atoms with Gasteiger partial charge < -0.3 is 14.8 Å². The second-order valence-electron chi connectivity index (χ2n) is 4.88. The van der Waals surface area contributed by atoms with Crippen LogP contribution in [0.2, 0.25) is 0 Å². The quantitative estimate of drug-likeness (QED) is 0.739. The molecular formula is C16H26BrNO2. The fourth-order valence-corrected chi connectivity index (χ4v) is 2.59.